The number of nitrogens with zero attached hydrogens (tertiary/aromatic N) is 1. The lowest BCUT2D eigenvalue weighted by Crippen LogP contribution is -2.50. The van der Waals surface area contributed by atoms with Crippen molar-refractivity contribution >= 4 is 17.6 Å². The molecule has 3 aliphatic rings. The normalized spacial score (nSPS) is 26.9. The summed E-state index contributed by atoms with van der Waals surface area (Å²) in [6.45, 7) is 0. The largest absolute Gasteiger partial charge is 0.466 e. The third-order valence-electron chi connectivity index (χ3n) is 4.71. The molecule has 4 rings (SSSR count). The molecular weight excluding hydrogens is 334 g/mol. The zero-order valence-corrected chi connectivity index (χ0v) is 13.3. The van der Waals surface area contributed by atoms with E-state index in [2.05, 4.69) is 0 Å². The van der Waals surface area contributed by atoms with Crippen LogP contribution in [0.2, 0.25) is 0 Å². The van der Waals surface area contributed by atoms with Crippen molar-refractivity contribution in [3.8, 4) is 0 Å². The van der Waals surface area contributed by atoms with Gasteiger partial charge in [-0.1, -0.05) is 6.07 Å². The molecule has 25 heavy (non-hydrogen) atoms. The molecule has 3 aliphatic carbocycles. The van der Waals surface area contributed by atoms with E-state index in [4.69, 9.17) is 9.47 Å². The Balaban J connectivity index is 2.31. The van der Waals surface area contributed by atoms with Gasteiger partial charge in [0.1, 0.15) is 0 Å². The van der Waals surface area contributed by atoms with Gasteiger partial charge in [-0.2, -0.15) is 0 Å². The van der Waals surface area contributed by atoms with Gasteiger partial charge in [0.25, 0.3) is 5.69 Å². The third kappa shape index (κ3) is 2.31. The fourth-order valence-corrected chi connectivity index (χ4v) is 3.67. The predicted octanol–water partition coefficient (Wildman–Crippen LogP) is 0.154. The van der Waals surface area contributed by atoms with Crippen LogP contribution in [0.25, 0.3) is 0 Å². The number of rotatable bonds is 3. The van der Waals surface area contributed by atoms with Gasteiger partial charge in [0.05, 0.1) is 42.5 Å². The Kier molecular flexibility index (Phi) is 4.05. The summed E-state index contributed by atoms with van der Waals surface area (Å²) in [7, 11) is 2.25. The van der Waals surface area contributed by atoms with Crippen LogP contribution in [0.3, 0.4) is 0 Å². The Morgan fingerprint density at radius 3 is 1.92 bits per heavy atom. The number of benzene rings is 1. The second-order valence-corrected chi connectivity index (χ2v) is 5.82. The Morgan fingerprint density at radius 2 is 1.48 bits per heavy atom. The number of hydrogen-bond acceptors (Lipinski definition) is 8. The topological polar surface area (TPSA) is 136 Å². The molecule has 0 aromatic heterocycles. The Labute approximate surface area is 141 Å². The first-order valence-electron chi connectivity index (χ1n) is 7.38. The fourth-order valence-electron chi connectivity index (χ4n) is 3.67. The van der Waals surface area contributed by atoms with Crippen LogP contribution in [-0.4, -0.2) is 53.5 Å². The highest BCUT2D eigenvalue weighted by Gasteiger charge is 2.54. The molecule has 2 bridgehead atoms. The summed E-state index contributed by atoms with van der Waals surface area (Å²) < 4.78 is 9.43. The monoisotopic (exact) mass is 349 g/mol. The van der Waals surface area contributed by atoms with E-state index in [0.717, 1.165) is 14.2 Å². The number of carbonyl (C=O) groups excluding carboxylic acids is 2. The number of fused-ring (bicyclic) bond motifs is 1. The molecule has 2 N–H and O–H groups in total. The minimum absolute atomic E-state index is 0.0986. The molecule has 9 heteroatoms. The molecular formula is C16H15NO8. The SMILES string of the molecule is COC(=O)C1=C(C(=O)OC)[C@H]2c3ccc([N+](=O)[O-])cc3[C@@H]1[C@@H](O)[C@H]2O. The first-order valence-corrected chi connectivity index (χ1v) is 7.38. The summed E-state index contributed by atoms with van der Waals surface area (Å²) in [4.78, 5) is 34.9. The second kappa shape index (κ2) is 5.94. The molecule has 0 spiro atoms. The zero-order valence-electron chi connectivity index (χ0n) is 13.3. The van der Waals surface area contributed by atoms with Gasteiger partial charge < -0.3 is 19.7 Å². The van der Waals surface area contributed by atoms with E-state index in [1.54, 1.807) is 0 Å². The number of hydrogen-bond donors (Lipinski definition) is 2. The Bertz CT molecular complexity index is 814. The molecule has 1 aromatic rings. The van der Waals surface area contributed by atoms with Crippen LogP contribution in [0.1, 0.15) is 23.0 Å². The zero-order chi connectivity index (χ0) is 18.5. The summed E-state index contributed by atoms with van der Waals surface area (Å²) in [6, 6.07) is 3.89. The fraction of sp³-hybridized carbons (Fsp3) is 0.375. The number of methoxy groups -OCH3 is 2. The molecule has 0 unspecified atom stereocenters. The Morgan fingerprint density at radius 1 is 1.00 bits per heavy atom. The van der Waals surface area contributed by atoms with Crippen LogP contribution < -0.4 is 0 Å². The number of aliphatic hydroxyl groups is 2. The minimum atomic E-state index is -1.41. The maximum atomic E-state index is 12.3. The molecule has 132 valence electrons. The standard InChI is InChI=1S/C16H15NO8/c1-24-15(20)11-9-7-4-3-6(17(22)23)5-8(7)10(14(19)13(9)18)12(11)16(21)25-2/h3-5,9-10,13-14,18-19H,1-2H3/t9-,10+,13+,14-/m1/s1. The van der Waals surface area contributed by atoms with E-state index in [1.807, 2.05) is 0 Å². The van der Waals surface area contributed by atoms with Crippen molar-refractivity contribution in [1.82, 2.24) is 0 Å². The van der Waals surface area contributed by atoms with Crippen molar-refractivity contribution in [3.05, 3.63) is 50.6 Å². The minimum Gasteiger partial charge on any atom is -0.466 e. The number of carbonyl (C=O) groups is 2. The van der Waals surface area contributed by atoms with Crippen LogP contribution >= 0.6 is 0 Å². The highest BCUT2D eigenvalue weighted by Crippen LogP contribution is 2.53. The van der Waals surface area contributed by atoms with E-state index < -0.39 is 40.9 Å². The summed E-state index contributed by atoms with van der Waals surface area (Å²) >= 11 is 0. The quantitative estimate of drug-likeness (QED) is 0.447. The summed E-state index contributed by atoms with van der Waals surface area (Å²) in [5.41, 5.74) is 0.270. The number of nitro groups is 1. The molecule has 4 atom stereocenters. The van der Waals surface area contributed by atoms with Gasteiger partial charge in [0, 0.05) is 24.0 Å². The number of ether oxygens (including phenoxy) is 2. The first-order chi connectivity index (χ1) is 11.8. The summed E-state index contributed by atoms with van der Waals surface area (Å²) in [6.07, 6.45) is -2.77. The first kappa shape index (κ1) is 17.1. The highest BCUT2D eigenvalue weighted by atomic mass is 16.6. The van der Waals surface area contributed by atoms with Gasteiger partial charge in [0.2, 0.25) is 0 Å². The average molecular weight is 349 g/mol. The van der Waals surface area contributed by atoms with Crippen molar-refractivity contribution in [3.63, 3.8) is 0 Å². The highest BCUT2D eigenvalue weighted by molar-refractivity contribution is 6.04. The van der Waals surface area contributed by atoms with Gasteiger partial charge in [-0.3, -0.25) is 10.1 Å². The number of non-ortho nitro benzene ring substituents is 1. The van der Waals surface area contributed by atoms with Gasteiger partial charge in [-0.15, -0.1) is 0 Å². The van der Waals surface area contributed by atoms with E-state index >= 15 is 0 Å². The smallest absolute Gasteiger partial charge is 0.335 e. The molecule has 0 heterocycles. The van der Waals surface area contributed by atoms with Crippen molar-refractivity contribution in [2.75, 3.05) is 14.2 Å². The van der Waals surface area contributed by atoms with Crippen LogP contribution in [0, 0.1) is 10.1 Å². The van der Waals surface area contributed by atoms with Crippen molar-refractivity contribution in [2.45, 2.75) is 24.0 Å². The van der Waals surface area contributed by atoms with Crippen molar-refractivity contribution in [1.29, 1.82) is 0 Å². The predicted molar refractivity (Wildman–Crippen MR) is 81.7 cm³/mol. The number of nitro benzene ring substituents is 1. The molecule has 9 nitrogen and oxygen atoms in total. The summed E-state index contributed by atoms with van der Waals surface area (Å²) in [5, 5.41) is 31.9. The molecule has 0 aliphatic heterocycles. The lowest BCUT2D eigenvalue weighted by molar-refractivity contribution is -0.385. The van der Waals surface area contributed by atoms with Crippen LogP contribution in [0.4, 0.5) is 5.69 Å². The molecule has 0 saturated carbocycles. The second-order valence-electron chi connectivity index (χ2n) is 5.82. The van der Waals surface area contributed by atoms with Crippen LogP contribution in [-0.2, 0) is 19.1 Å². The van der Waals surface area contributed by atoms with Crippen LogP contribution in [0.5, 0.6) is 0 Å². The molecule has 0 saturated heterocycles. The van der Waals surface area contributed by atoms with Crippen LogP contribution in [0.15, 0.2) is 29.3 Å². The van der Waals surface area contributed by atoms with E-state index in [0.29, 0.717) is 11.1 Å². The van der Waals surface area contributed by atoms with Crippen molar-refractivity contribution in [2.24, 2.45) is 0 Å². The van der Waals surface area contributed by atoms with Gasteiger partial charge in [-0.25, -0.2) is 9.59 Å². The van der Waals surface area contributed by atoms with E-state index in [-0.39, 0.29) is 16.8 Å². The van der Waals surface area contributed by atoms with E-state index in [1.165, 1.54) is 18.2 Å². The van der Waals surface area contributed by atoms with Gasteiger partial charge in [-0.05, 0) is 11.1 Å². The summed E-state index contributed by atoms with van der Waals surface area (Å²) in [5.74, 6) is -3.86. The third-order valence-corrected chi connectivity index (χ3v) is 4.71. The maximum absolute atomic E-state index is 12.3. The van der Waals surface area contributed by atoms with Gasteiger partial charge >= 0.3 is 11.9 Å². The lowest BCUT2D eigenvalue weighted by atomic mass is 9.61. The molecule has 0 amide bonds. The molecule has 0 fully saturated rings. The van der Waals surface area contributed by atoms with E-state index in [9.17, 15) is 29.9 Å². The molecule has 0 radical (unpaired) electrons. The Hall–Kier alpha value is -2.78. The number of aliphatic hydroxyl groups excluding tert-OH is 2. The molecule has 1 aromatic carbocycles. The maximum Gasteiger partial charge on any atom is 0.335 e. The average Bonchev–Trinajstić information content (AvgIpc) is 2.62. The van der Waals surface area contributed by atoms with Gasteiger partial charge in [0.15, 0.2) is 0 Å². The van der Waals surface area contributed by atoms with Crippen molar-refractivity contribution < 1.29 is 34.2 Å². The lowest BCUT2D eigenvalue weighted by Gasteiger charge is -2.45. The number of esters is 2.